The molecule has 1 aliphatic heterocycles. The van der Waals surface area contributed by atoms with Crippen LogP contribution in [0.15, 0.2) is 35.2 Å². The van der Waals surface area contributed by atoms with Gasteiger partial charge in [0.25, 0.3) is 5.91 Å². The third kappa shape index (κ3) is 5.62. The minimum absolute atomic E-state index is 0.00135. The molecule has 1 aliphatic rings. The molecule has 0 spiro atoms. The molecular formula is C19H24N4O4. The van der Waals surface area contributed by atoms with Crippen molar-refractivity contribution in [1.29, 1.82) is 0 Å². The first kappa shape index (κ1) is 19.0. The zero-order chi connectivity index (χ0) is 19.1. The normalized spacial score (nSPS) is 16.3. The minimum Gasteiger partial charge on any atom is -0.467 e. The van der Waals surface area contributed by atoms with Gasteiger partial charge in [-0.1, -0.05) is 0 Å². The average Bonchev–Trinajstić information content (AvgIpc) is 3.37. The zero-order valence-corrected chi connectivity index (χ0v) is 15.4. The number of aryl methyl sites for hydroxylation is 1. The Kier molecular flexibility index (Phi) is 6.54. The lowest BCUT2D eigenvalue weighted by atomic mass is 10.2. The topological polar surface area (TPSA) is 97.6 Å². The molecule has 8 heteroatoms. The lowest BCUT2D eigenvalue weighted by Gasteiger charge is -2.25. The predicted molar refractivity (Wildman–Crippen MR) is 96.8 cm³/mol. The SMILES string of the molecule is Cc1cnc(C(=O)N(CCC(=O)NCc2ccco2)CC2CCCO2)cn1. The molecule has 3 rings (SSSR count). The van der Waals surface area contributed by atoms with E-state index in [1.54, 1.807) is 29.5 Å². The van der Waals surface area contributed by atoms with Gasteiger partial charge in [-0.2, -0.15) is 0 Å². The first-order valence-corrected chi connectivity index (χ1v) is 9.10. The van der Waals surface area contributed by atoms with E-state index in [-0.39, 0.29) is 36.6 Å². The van der Waals surface area contributed by atoms with Crippen LogP contribution in [0.4, 0.5) is 0 Å². The van der Waals surface area contributed by atoms with E-state index in [4.69, 9.17) is 9.15 Å². The van der Waals surface area contributed by atoms with Crippen LogP contribution in [0, 0.1) is 6.92 Å². The second kappa shape index (κ2) is 9.27. The number of hydrogen-bond donors (Lipinski definition) is 1. The van der Waals surface area contributed by atoms with Crippen LogP contribution in [0.25, 0.3) is 0 Å². The van der Waals surface area contributed by atoms with Crippen LogP contribution in [0.5, 0.6) is 0 Å². The number of furan rings is 1. The molecule has 2 aromatic heterocycles. The molecule has 1 saturated heterocycles. The fourth-order valence-electron chi connectivity index (χ4n) is 2.90. The molecule has 0 aliphatic carbocycles. The summed E-state index contributed by atoms with van der Waals surface area (Å²) in [5.41, 5.74) is 1.02. The van der Waals surface area contributed by atoms with Crippen molar-refractivity contribution in [2.75, 3.05) is 19.7 Å². The summed E-state index contributed by atoms with van der Waals surface area (Å²) < 4.78 is 10.8. The second-order valence-electron chi connectivity index (χ2n) is 6.54. The van der Waals surface area contributed by atoms with Crippen LogP contribution in [0.1, 0.15) is 41.2 Å². The van der Waals surface area contributed by atoms with E-state index in [1.165, 1.54) is 6.20 Å². The van der Waals surface area contributed by atoms with Crippen LogP contribution in [-0.4, -0.2) is 52.5 Å². The number of rotatable bonds is 8. The third-order valence-corrected chi connectivity index (χ3v) is 4.38. The fraction of sp³-hybridized carbons (Fsp3) is 0.474. The molecule has 3 heterocycles. The first-order chi connectivity index (χ1) is 13.1. The highest BCUT2D eigenvalue weighted by molar-refractivity contribution is 5.92. The molecule has 0 aromatic carbocycles. The van der Waals surface area contributed by atoms with Gasteiger partial charge in [0.2, 0.25) is 5.91 Å². The molecule has 144 valence electrons. The van der Waals surface area contributed by atoms with Crippen LogP contribution in [-0.2, 0) is 16.1 Å². The van der Waals surface area contributed by atoms with Crippen LogP contribution >= 0.6 is 0 Å². The zero-order valence-electron chi connectivity index (χ0n) is 15.4. The van der Waals surface area contributed by atoms with Crippen molar-refractivity contribution in [1.82, 2.24) is 20.2 Å². The molecular weight excluding hydrogens is 348 g/mol. The Balaban J connectivity index is 1.57. The number of carbonyl (C=O) groups excluding carboxylic acids is 2. The molecule has 1 N–H and O–H groups in total. The number of aromatic nitrogens is 2. The van der Waals surface area contributed by atoms with Crippen molar-refractivity contribution in [3.05, 3.63) is 47.9 Å². The molecule has 0 saturated carbocycles. The third-order valence-electron chi connectivity index (χ3n) is 4.38. The monoisotopic (exact) mass is 372 g/mol. The number of amides is 2. The molecule has 1 fully saturated rings. The first-order valence-electron chi connectivity index (χ1n) is 9.10. The van der Waals surface area contributed by atoms with E-state index in [2.05, 4.69) is 15.3 Å². The molecule has 8 nitrogen and oxygen atoms in total. The van der Waals surface area contributed by atoms with Crippen LogP contribution in [0.2, 0.25) is 0 Å². The summed E-state index contributed by atoms with van der Waals surface area (Å²) in [6.45, 7) is 3.59. The van der Waals surface area contributed by atoms with Gasteiger partial charge < -0.3 is 19.4 Å². The quantitative estimate of drug-likeness (QED) is 0.757. The summed E-state index contributed by atoms with van der Waals surface area (Å²) in [5, 5.41) is 2.79. The van der Waals surface area contributed by atoms with Crippen molar-refractivity contribution in [3.63, 3.8) is 0 Å². The Morgan fingerprint density at radius 1 is 1.33 bits per heavy atom. The van der Waals surface area contributed by atoms with Gasteiger partial charge in [0.15, 0.2) is 0 Å². The van der Waals surface area contributed by atoms with E-state index >= 15 is 0 Å². The lowest BCUT2D eigenvalue weighted by Crippen LogP contribution is -2.40. The largest absolute Gasteiger partial charge is 0.467 e. The van der Waals surface area contributed by atoms with Gasteiger partial charge >= 0.3 is 0 Å². The number of nitrogens with one attached hydrogen (secondary N) is 1. The lowest BCUT2D eigenvalue weighted by molar-refractivity contribution is -0.121. The van der Waals surface area contributed by atoms with Crippen molar-refractivity contribution in [2.24, 2.45) is 0 Å². The Morgan fingerprint density at radius 3 is 2.89 bits per heavy atom. The predicted octanol–water partition coefficient (Wildman–Crippen LogP) is 1.71. The van der Waals surface area contributed by atoms with Gasteiger partial charge in [-0.25, -0.2) is 4.98 Å². The van der Waals surface area contributed by atoms with E-state index < -0.39 is 0 Å². The Morgan fingerprint density at radius 2 is 2.22 bits per heavy atom. The van der Waals surface area contributed by atoms with Crippen molar-refractivity contribution in [2.45, 2.75) is 38.8 Å². The molecule has 2 amide bonds. The van der Waals surface area contributed by atoms with Crippen LogP contribution in [0.3, 0.4) is 0 Å². The van der Waals surface area contributed by atoms with Gasteiger partial charge in [-0.05, 0) is 31.9 Å². The van der Waals surface area contributed by atoms with Gasteiger partial charge in [0.05, 0.1) is 30.8 Å². The maximum Gasteiger partial charge on any atom is 0.274 e. The molecule has 0 radical (unpaired) electrons. The standard InChI is InChI=1S/C19H24N4O4/c1-14-10-21-17(12-20-14)19(25)23(13-16-5-3-9-27-16)7-6-18(24)22-11-15-4-2-8-26-15/h2,4,8,10,12,16H,3,5-7,9,11,13H2,1H3,(H,22,24). The average molecular weight is 372 g/mol. The van der Waals surface area contributed by atoms with Gasteiger partial charge in [-0.15, -0.1) is 0 Å². The molecule has 1 atom stereocenters. The van der Waals surface area contributed by atoms with Crippen molar-refractivity contribution in [3.8, 4) is 0 Å². The number of hydrogen-bond acceptors (Lipinski definition) is 6. The van der Waals surface area contributed by atoms with E-state index in [0.717, 1.165) is 18.5 Å². The maximum absolute atomic E-state index is 12.8. The van der Waals surface area contributed by atoms with E-state index in [9.17, 15) is 9.59 Å². The minimum atomic E-state index is -0.239. The summed E-state index contributed by atoms with van der Waals surface area (Å²) in [7, 11) is 0. The molecule has 27 heavy (non-hydrogen) atoms. The van der Waals surface area contributed by atoms with Crippen molar-refractivity contribution < 1.29 is 18.7 Å². The van der Waals surface area contributed by atoms with Crippen molar-refractivity contribution >= 4 is 11.8 Å². The van der Waals surface area contributed by atoms with Gasteiger partial charge in [0.1, 0.15) is 11.5 Å². The van der Waals surface area contributed by atoms with Gasteiger partial charge in [-0.3, -0.25) is 14.6 Å². The highest BCUT2D eigenvalue weighted by atomic mass is 16.5. The fourth-order valence-corrected chi connectivity index (χ4v) is 2.90. The van der Waals surface area contributed by atoms with Gasteiger partial charge in [0, 0.05) is 32.3 Å². The molecule has 1 unspecified atom stereocenters. The maximum atomic E-state index is 12.8. The number of ether oxygens (including phenoxy) is 1. The summed E-state index contributed by atoms with van der Waals surface area (Å²) in [5.74, 6) is 0.300. The number of nitrogens with zero attached hydrogens (tertiary/aromatic N) is 3. The molecule has 0 bridgehead atoms. The van der Waals surface area contributed by atoms with E-state index in [1.807, 2.05) is 6.92 Å². The second-order valence-corrected chi connectivity index (χ2v) is 6.54. The highest BCUT2D eigenvalue weighted by Gasteiger charge is 2.24. The van der Waals surface area contributed by atoms with E-state index in [0.29, 0.717) is 25.5 Å². The smallest absolute Gasteiger partial charge is 0.274 e. The highest BCUT2D eigenvalue weighted by Crippen LogP contribution is 2.15. The number of carbonyl (C=O) groups is 2. The summed E-state index contributed by atoms with van der Waals surface area (Å²) in [6, 6.07) is 3.57. The van der Waals surface area contributed by atoms with Crippen LogP contribution < -0.4 is 5.32 Å². The summed E-state index contributed by atoms with van der Waals surface area (Å²) in [4.78, 5) is 34.9. The summed E-state index contributed by atoms with van der Waals surface area (Å²) >= 11 is 0. The molecule has 2 aromatic rings. The Labute approximate surface area is 157 Å². The summed E-state index contributed by atoms with van der Waals surface area (Å²) in [6.07, 6.45) is 6.68. The Hall–Kier alpha value is -2.74. The Bertz CT molecular complexity index is 740.